The van der Waals surface area contributed by atoms with Crippen LogP contribution >= 0.6 is 0 Å². The standard InChI is InChI=1S/C32H46N4O11/c1-32(2,3)47-31(42)33-13-15-44-17-19-46-21-20-45-18-16-43-14-6-4-5-10-25(37)34-23-9-7-8-22-27(23)30(41)36(29(22)40)24-11-12-26(38)35-28(24)39/h7-9,24H,4-6,10-21H2,1-3H3,(H,33,42)(H,34,37)(H,35,38,39). The number of nitrogens with one attached hydrogen (secondary N) is 3. The van der Waals surface area contributed by atoms with Crippen molar-refractivity contribution in [2.24, 2.45) is 0 Å². The van der Waals surface area contributed by atoms with Gasteiger partial charge in [-0.1, -0.05) is 12.5 Å². The van der Waals surface area contributed by atoms with Crippen molar-refractivity contribution in [3.63, 3.8) is 0 Å². The van der Waals surface area contributed by atoms with Crippen LogP contribution in [0.15, 0.2) is 18.2 Å². The number of piperidine rings is 1. The van der Waals surface area contributed by atoms with Crippen molar-refractivity contribution in [3.8, 4) is 0 Å². The normalized spacial score (nSPS) is 16.2. The minimum Gasteiger partial charge on any atom is -0.444 e. The maximum Gasteiger partial charge on any atom is 0.407 e. The number of unbranched alkanes of at least 4 members (excludes halogenated alkanes) is 2. The van der Waals surface area contributed by atoms with E-state index in [-0.39, 0.29) is 42.0 Å². The summed E-state index contributed by atoms with van der Waals surface area (Å²) in [5.74, 6) is -2.73. The van der Waals surface area contributed by atoms with Gasteiger partial charge in [0.25, 0.3) is 11.8 Å². The number of anilines is 1. The largest absolute Gasteiger partial charge is 0.444 e. The number of nitrogens with zero attached hydrogens (tertiary/aromatic N) is 1. The second-order valence-electron chi connectivity index (χ2n) is 11.9. The molecule has 15 nitrogen and oxygen atoms in total. The molecular formula is C32H46N4O11. The molecule has 15 heteroatoms. The molecule has 0 spiro atoms. The van der Waals surface area contributed by atoms with Crippen LogP contribution in [0.1, 0.15) is 80.0 Å². The van der Waals surface area contributed by atoms with Gasteiger partial charge in [-0.05, 0) is 52.2 Å². The SMILES string of the molecule is CC(C)(C)OC(=O)NCCOCCOCCOCCOCCCCCC(=O)Nc1cccc2c1C(=O)N(C1CCC(=O)NC1=O)C2=O. The fourth-order valence-electron chi connectivity index (χ4n) is 4.80. The van der Waals surface area contributed by atoms with Gasteiger partial charge < -0.3 is 34.3 Å². The van der Waals surface area contributed by atoms with E-state index in [0.717, 1.165) is 17.7 Å². The lowest BCUT2D eigenvalue weighted by molar-refractivity contribution is -0.136. The first-order valence-corrected chi connectivity index (χ1v) is 15.9. The quantitative estimate of drug-likeness (QED) is 0.137. The Morgan fingerprint density at radius 1 is 0.851 bits per heavy atom. The topological polar surface area (TPSA) is 188 Å². The summed E-state index contributed by atoms with van der Waals surface area (Å²) >= 11 is 0. The van der Waals surface area contributed by atoms with E-state index in [1.165, 1.54) is 6.07 Å². The smallest absolute Gasteiger partial charge is 0.407 e. The molecule has 1 atom stereocenters. The number of carbonyl (C=O) groups is 6. The zero-order valence-corrected chi connectivity index (χ0v) is 27.4. The zero-order valence-electron chi connectivity index (χ0n) is 27.4. The van der Waals surface area contributed by atoms with Gasteiger partial charge in [0.05, 0.1) is 63.1 Å². The number of alkyl carbamates (subject to hydrolysis) is 1. The molecule has 2 heterocycles. The molecule has 1 aromatic rings. The average Bonchev–Trinajstić information content (AvgIpc) is 3.25. The molecule has 0 aromatic heterocycles. The Kier molecular flexibility index (Phi) is 15.2. The number of carbonyl (C=O) groups excluding carboxylic acids is 6. The van der Waals surface area contributed by atoms with Gasteiger partial charge in [-0.2, -0.15) is 0 Å². The molecule has 6 amide bonds. The van der Waals surface area contributed by atoms with E-state index in [9.17, 15) is 28.8 Å². The molecule has 0 saturated carbocycles. The fraction of sp³-hybridized carbons (Fsp3) is 0.625. The lowest BCUT2D eigenvalue weighted by Gasteiger charge is -2.27. The third kappa shape index (κ3) is 12.7. The van der Waals surface area contributed by atoms with Crippen molar-refractivity contribution in [3.05, 3.63) is 29.3 Å². The number of hydrogen-bond acceptors (Lipinski definition) is 11. The molecule has 1 saturated heterocycles. The van der Waals surface area contributed by atoms with Crippen LogP contribution in [0.3, 0.4) is 0 Å². The molecule has 3 rings (SSSR count). The van der Waals surface area contributed by atoms with E-state index >= 15 is 0 Å². The van der Waals surface area contributed by atoms with Gasteiger partial charge >= 0.3 is 6.09 Å². The van der Waals surface area contributed by atoms with Crippen LogP contribution in [0.25, 0.3) is 0 Å². The van der Waals surface area contributed by atoms with Crippen LogP contribution in [-0.4, -0.2) is 112 Å². The minimum absolute atomic E-state index is 0.0280. The summed E-state index contributed by atoms with van der Waals surface area (Å²) in [5, 5.41) is 7.50. The molecule has 2 aliphatic heterocycles. The Hall–Kier alpha value is -3.92. The third-order valence-corrected chi connectivity index (χ3v) is 6.97. The van der Waals surface area contributed by atoms with Crippen molar-refractivity contribution < 1.29 is 52.5 Å². The lowest BCUT2D eigenvalue weighted by atomic mass is 10.0. The predicted molar refractivity (Wildman–Crippen MR) is 168 cm³/mol. The van der Waals surface area contributed by atoms with Gasteiger partial charge in [-0.15, -0.1) is 0 Å². The van der Waals surface area contributed by atoms with Gasteiger partial charge in [0.1, 0.15) is 11.6 Å². The first kappa shape index (κ1) is 37.5. The highest BCUT2D eigenvalue weighted by Crippen LogP contribution is 2.32. The maximum absolute atomic E-state index is 13.1. The average molecular weight is 663 g/mol. The molecule has 3 N–H and O–H groups in total. The summed E-state index contributed by atoms with van der Waals surface area (Å²) in [5.41, 5.74) is -0.160. The van der Waals surface area contributed by atoms with Crippen molar-refractivity contribution in [2.75, 3.05) is 64.7 Å². The molecule has 1 unspecified atom stereocenters. The molecule has 0 aliphatic carbocycles. The summed E-state index contributed by atoms with van der Waals surface area (Å²) in [6, 6.07) is 3.52. The van der Waals surface area contributed by atoms with Gasteiger partial charge in [-0.25, -0.2) is 4.79 Å². The first-order chi connectivity index (χ1) is 22.5. The van der Waals surface area contributed by atoms with E-state index in [2.05, 4.69) is 16.0 Å². The number of hydrogen-bond donors (Lipinski definition) is 3. The van der Waals surface area contributed by atoms with E-state index < -0.39 is 41.4 Å². The van der Waals surface area contributed by atoms with Crippen LogP contribution in [0, 0.1) is 0 Å². The van der Waals surface area contributed by atoms with E-state index in [1.807, 2.05) is 0 Å². The molecule has 1 aromatic carbocycles. The second kappa shape index (κ2) is 19.0. The molecule has 0 bridgehead atoms. The Bertz CT molecular complexity index is 1260. The zero-order chi connectivity index (χ0) is 34.2. The molecule has 47 heavy (non-hydrogen) atoms. The summed E-state index contributed by atoms with van der Waals surface area (Å²) in [4.78, 5) is 74.8. The van der Waals surface area contributed by atoms with Crippen LogP contribution in [0.2, 0.25) is 0 Å². The first-order valence-electron chi connectivity index (χ1n) is 15.9. The Balaban J connectivity index is 1.17. The van der Waals surface area contributed by atoms with Gasteiger partial charge in [0, 0.05) is 26.0 Å². The van der Waals surface area contributed by atoms with E-state index in [4.69, 9.17) is 23.7 Å². The van der Waals surface area contributed by atoms with Gasteiger partial charge in [-0.3, -0.25) is 34.2 Å². The number of imide groups is 2. The van der Waals surface area contributed by atoms with Crippen LogP contribution < -0.4 is 16.0 Å². The number of amides is 6. The number of benzene rings is 1. The number of rotatable bonds is 20. The summed E-state index contributed by atoms with van der Waals surface area (Å²) in [6.45, 7) is 9.19. The lowest BCUT2D eigenvalue weighted by Crippen LogP contribution is -2.54. The molecule has 1 fully saturated rings. The van der Waals surface area contributed by atoms with E-state index in [0.29, 0.717) is 65.8 Å². The van der Waals surface area contributed by atoms with Crippen LogP contribution in [0.5, 0.6) is 0 Å². The molecule has 0 radical (unpaired) electrons. The van der Waals surface area contributed by atoms with Crippen molar-refractivity contribution in [2.45, 2.75) is 70.9 Å². The predicted octanol–water partition coefficient (Wildman–Crippen LogP) is 2.18. The van der Waals surface area contributed by atoms with Crippen molar-refractivity contribution in [1.82, 2.24) is 15.5 Å². The summed E-state index contributed by atoms with van der Waals surface area (Å²) < 4.78 is 27.0. The van der Waals surface area contributed by atoms with Gasteiger partial charge in [0.15, 0.2) is 0 Å². The third-order valence-electron chi connectivity index (χ3n) is 6.97. The molecular weight excluding hydrogens is 616 g/mol. The molecule has 2 aliphatic rings. The van der Waals surface area contributed by atoms with Crippen LogP contribution in [0.4, 0.5) is 10.5 Å². The Labute approximate surface area is 274 Å². The van der Waals surface area contributed by atoms with Crippen LogP contribution in [-0.2, 0) is 38.1 Å². The fourth-order valence-corrected chi connectivity index (χ4v) is 4.80. The summed E-state index contributed by atoms with van der Waals surface area (Å²) in [6.07, 6.45) is 1.96. The summed E-state index contributed by atoms with van der Waals surface area (Å²) in [7, 11) is 0. The Morgan fingerprint density at radius 2 is 1.49 bits per heavy atom. The minimum atomic E-state index is -1.07. The highest BCUT2D eigenvalue weighted by Gasteiger charge is 2.45. The monoisotopic (exact) mass is 662 g/mol. The van der Waals surface area contributed by atoms with Crippen molar-refractivity contribution >= 4 is 41.3 Å². The highest BCUT2D eigenvalue weighted by molar-refractivity contribution is 6.26. The van der Waals surface area contributed by atoms with Gasteiger partial charge in [0.2, 0.25) is 17.7 Å². The number of ether oxygens (including phenoxy) is 5. The second-order valence-corrected chi connectivity index (χ2v) is 11.9. The molecule has 260 valence electrons. The maximum atomic E-state index is 13.1. The highest BCUT2D eigenvalue weighted by atomic mass is 16.6. The van der Waals surface area contributed by atoms with Crippen molar-refractivity contribution in [1.29, 1.82) is 0 Å². The Morgan fingerprint density at radius 3 is 2.13 bits per heavy atom. The number of fused-ring (bicyclic) bond motifs is 1. The van der Waals surface area contributed by atoms with E-state index in [1.54, 1.807) is 32.9 Å².